The van der Waals surface area contributed by atoms with Crippen LogP contribution in [0.25, 0.3) is 5.57 Å². The summed E-state index contributed by atoms with van der Waals surface area (Å²) in [6, 6.07) is 11.5. The average Bonchev–Trinajstić information content (AvgIpc) is 3.43. The Bertz CT molecular complexity index is 1390. The van der Waals surface area contributed by atoms with Gasteiger partial charge < -0.3 is 15.2 Å². The second kappa shape index (κ2) is 10.7. The number of aromatic nitrogens is 3. The Balaban J connectivity index is 1.33. The third-order valence-electron chi connectivity index (χ3n) is 7.13. The van der Waals surface area contributed by atoms with Crippen LogP contribution in [0.5, 0.6) is 0 Å². The summed E-state index contributed by atoms with van der Waals surface area (Å²) in [5.74, 6) is -0.0563. The van der Waals surface area contributed by atoms with E-state index in [1.807, 2.05) is 17.0 Å². The van der Waals surface area contributed by atoms with Crippen molar-refractivity contribution >= 4 is 23.1 Å². The zero-order chi connectivity index (χ0) is 25.8. The van der Waals surface area contributed by atoms with E-state index in [0.29, 0.717) is 24.6 Å². The van der Waals surface area contributed by atoms with Crippen molar-refractivity contribution in [2.45, 2.75) is 44.4 Å². The first kappa shape index (κ1) is 24.3. The van der Waals surface area contributed by atoms with E-state index < -0.39 is 0 Å². The van der Waals surface area contributed by atoms with Gasteiger partial charge in [-0.05, 0) is 73.8 Å². The summed E-state index contributed by atoms with van der Waals surface area (Å²) < 4.78 is 0.899. The van der Waals surface area contributed by atoms with Crippen LogP contribution in [-0.2, 0) is 0 Å². The van der Waals surface area contributed by atoms with Crippen molar-refractivity contribution in [2.75, 3.05) is 18.4 Å². The molecule has 9 heteroatoms. The molecular formula is C28H29N6O3+. The number of benzene rings is 1. The summed E-state index contributed by atoms with van der Waals surface area (Å²) in [7, 11) is 0. The highest BCUT2D eigenvalue weighted by Crippen LogP contribution is 2.36. The quantitative estimate of drug-likeness (QED) is 0.362. The summed E-state index contributed by atoms with van der Waals surface area (Å²) in [6.07, 6.45) is 12.4. The maximum atomic E-state index is 12.9. The number of rotatable bonds is 5. The predicted octanol–water partition coefficient (Wildman–Crippen LogP) is 4.04. The molecule has 1 saturated heterocycles. The Morgan fingerprint density at radius 3 is 2.76 bits per heavy atom. The molecule has 0 radical (unpaired) electrons. The number of allylic oxidation sites excluding steroid dienone is 2. The number of imidazole rings is 1. The van der Waals surface area contributed by atoms with E-state index in [4.69, 9.17) is 5.26 Å². The third kappa shape index (κ3) is 5.38. The highest BCUT2D eigenvalue weighted by Gasteiger charge is 2.27. The molecule has 1 aromatic carbocycles. The zero-order valence-electron chi connectivity index (χ0n) is 20.5. The minimum atomic E-state index is -0.385. The summed E-state index contributed by atoms with van der Waals surface area (Å²) in [4.78, 5) is 34.3. The molecule has 37 heavy (non-hydrogen) atoms. The summed E-state index contributed by atoms with van der Waals surface area (Å²) in [5, 5.41) is 21.6. The van der Waals surface area contributed by atoms with Crippen LogP contribution in [0, 0.1) is 11.3 Å². The fourth-order valence-corrected chi connectivity index (χ4v) is 5.14. The van der Waals surface area contributed by atoms with Gasteiger partial charge in [0.15, 0.2) is 5.82 Å². The number of hydrogen-bond donors (Lipinski definition) is 3. The fourth-order valence-electron chi connectivity index (χ4n) is 5.14. The lowest BCUT2D eigenvalue weighted by Crippen LogP contribution is -2.39. The lowest BCUT2D eigenvalue weighted by Gasteiger charge is -2.32. The number of hydrogen-bond acceptors (Lipinski definition) is 5. The predicted molar refractivity (Wildman–Crippen MR) is 136 cm³/mol. The number of carbonyl (C=O) groups is 2. The first-order chi connectivity index (χ1) is 18.0. The number of pyridine rings is 1. The maximum absolute atomic E-state index is 12.9. The Hall–Kier alpha value is -4.45. The topological polar surface area (TPSA) is 126 Å². The number of aromatic amines is 1. The number of amides is 2. The van der Waals surface area contributed by atoms with E-state index in [-0.39, 0.29) is 23.3 Å². The van der Waals surface area contributed by atoms with Crippen molar-refractivity contribution in [1.82, 2.24) is 14.9 Å². The van der Waals surface area contributed by atoms with Gasteiger partial charge in [0.1, 0.15) is 17.3 Å². The van der Waals surface area contributed by atoms with Gasteiger partial charge in [0, 0.05) is 35.1 Å². The molecule has 2 aromatic heterocycles. The molecule has 3 N–H and O–H groups in total. The molecule has 1 aliphatic carbocycles. The standard InChI is InChI=1S/C28H28N6O3/c29-16-23-17-30-26(31-23)27(35)32-25-9-8-21(15-24(25)20-5-2-1-3-6-20)19-10-13-33(14-11-19)28(36)22-7-4-12-34(37)18-22/h4-5,7-9,12,15,17-19H,1-3,6,10-11,13-14H2,(H2-,30,31,32,35,37)/p+1. The first-order valence-electron chi connectivity index (χ1n) is 12.6. The molecule has 2 aliphatic rings. The molecule has 0 atom stereocenters. The largest absolute Gasteiger partial charge is 0.338 e. The maximum Gasteiger partial charge on any atom is 0.291 e. The molecular weight excluding hydrogens is 468 g/mol. The number of nitrogens with zero attached hydrogens (tertiary/aromatic N) is 4. The van der Waals surface area contributed by atoms with Crippen LogP contribution in [0.3, 0.4) is 0 Å². The van der Waals surface area contributed by atoms with Gasteiger partial charge in [-0.3, -0.25) is 14.8 Å². The monoisotopic (exact) mass is 497 g/mol. The van der Waals surface area contributed by atoms with Gasteiger partial charge in [0.05, 0.1) is 6.20 Å². The van der Waals surface area contributed by atoms with Crippen LogP contribution in [-0.4, -0.2) is 45.0 Å². The van der Waals surface area contributed by atoms with Crippen molar-refractivity contribution in [1.29, 1.82) is 5.26 Å². The molecule has 3 heterocycles. The van der Waals surface area contributed by atoms with Gasteiger partial charge in [0.25, 0.3) is 11.8 Å². The second-order valence-corrected chi connectivity index (χ2v) is 9.53. The average molecular weight is 498 g/mol. The van der Waals surface area contributed by atoms with Gasteiger partial charge in [-0.2, -0.15) is 5.26 Å². The second-order valence-electron chi connectivity index (χ2n) is 9.53. The lowest BCUT2D eigenvalue weighted by atomic mass is 9.85. The van der Waals surface area contributed by atoms with Crippen molar-refractivity contribution in [3.8, 4) is 6.07 Å². The molecule has 2 amide bonds. The molecule has 1 fully saturated rings. The Morgan fingerprint density at radius 1 is 1.22 bits per heavy atom. The highest BCUT2D eigenvalue weighted by atomic mass is 16.5. The number of anilines is 1. The number of nitriles is 1. The van der Waals surface area contributed by atoms with E-state index in [0.717, 1.165) is 48.1 Å². The summed E-state index contributed by atoms with van der Waals surface area (Å²) in [5.41, 5.74) is 4.88. The highest BCUT2D eigenvalue weighted by molar-refractivity contribution is 6.03. The number of H-pyrrole nitrogens is 1. The van der Waals surface area contributed by atoms with Crippen molar-refractivity contribution < 1.29 is 19.5 Å². The van der Waals surface area contributed by atoms with Gasteiger partial charge in [0.2, 0.25) is 12.4 Å². The van der Waals surface area contributed by atoms with E-state index in [1.165, 1.54) is 36.1 Å². The number of piperidine rings is 1. The minimum Gasteiger partial charge on any atom is -0.338 e. The Morgan fingerprint density at radius 2 is 2.05 bits per heavy atom. The van der Waals surface area contributed by atoms with Gasteiger partial charge >= 0.3 is 0 Å². The van der Waals surface area contributed by atoms with E-state index >= 15 is 0 Å². The van der Waals surface area contributed by atoms with Gasteiger partial charge in [-0.15, -0.1) is 0 Å². The molecule has 9 nitrogen and oxygen atoms in total. The normalized spacial score (nSPS) is 16.1. The van der Waals surface area contributed by atoms with Crippen molar-refractivity contribution in [2.24, 2.45) is 0 Å². The van der Waals surface area contributed by atoms with Gasteiger partial charge in [-0.25, -0.2) is 4.98 Å². The van der Waals surface area contributed by atoms with E-state index in [9.17, 15) is 14.8 Å². The molecule has 0 spiro atoms. The molecule has 1 aliphatic heterocycles. The SMILES string of the molecule is N#Cc1cnc(C(=O)Nc2ccc(C3CCN(C(=O)c4ccc[n+](O)c4)CC3)cc2C2=CCCCC2)[nH]1. The minimum absolute atomic E-state index is 0.0783. The van der Waals surface area contributed by atoms with Gasteiger partial charge in [-0.1, -0.05) is 12.1 Å². The third-order valence-corrected chi connectivity index (χ3v) is 7.13. The molecule has 0 unspecified atom stereocenters. The van der Waals surface area contributed by atoms with E-state index in [1.54, 1.807) is 12.1 Å². The van der Waals surface area contributed by atoms with Crippen LogP contribution in [0.1, 0.15) is 82.2 Å². The molecule has 5 rings (SSSR count). The van der Waals surface area contributed by atoms with Crippen LogP contribution < -0.4 is 10.0 Å². The lowest BCUT2D eigenvalue weighted by molar-refractivity contribution is -0.904. The Labute approximate surface area is 215 Å². The van der Waals surface area contributed by atoms with Crippen LogP contribution >= 0.6 is 0 Å². The number of nitrogens with one attached hydrogen (secondary N) is 2. The Kier molecular flexibility index (Phi) is 6.99. The fraction of sp³-hybridized carbons (Fsp3) is 0.321. The molecule has 0 bridgehead atoms. The smallest absolute Gasteiger partial charge is 0.291 e. The summed E-state index contributed by atoms with van der Waals surface area (Å²) >= 11 is 0. The van der Waals surface area contributed by atoms with Crippen LogP contribution in [0.2, 0.25) is 0 Å². The number of likely N-dealkylation sites (tertiary alicyclic amines) is 1. The van der Waals surface area contributed by atoms with Crippen molar-refractivity contribution in [3.63, 3.8) is 0 Å². The molecule has 188 valence electrons. The van der Waals surface area contributed by atoms with Crippen molar-refractivity contribution in [3.05, 3.63) is 83.2 Å². The van der Waals surface area contributed by atoms with Crippen LogP contribution in [0.15, 0.2) is 55.0 Å². The zero-order valence-corrected chi connectivity index (χ0v) is 20.5. The van der Waals surface area contributed by atoms with E-state index in [2.05, 4.69) is 33.5 Å². The molecule has 0 saturated carbocycles. The summed E-state index contributed by atoms with van der Waals surface area (Å²) in [6.45, 7) is 1.28. The van der Waals surface area contributed by atoms with Crippen LogP contribution in [0.4, 0.5) is 5.69 Å². The number of carbonyl (C=O) groups excluding carboxylic acids is 2. The molecule has 3 aromatic rings. The first-order valence-corrected chi connectivity index (χ1v) is 12.6.